The number of aliphatic hydroxyl groups excluding tert-OH is 1. The van der Waals surface area contributed by atoms with Gasteiger partial charge in [0.2, 0.25) is 0 Å². The molecule has 0 aliphatic carbocycles. The lowest BCUT2D eigenvalue weighted by Crippen LogP contribution is -2.06. The molecule has 0 heterocycles. The molecule has 0 fully saturated rings. The normalized spacial score (nSPS) is 12.2. The summed E-state index contributed by atoms with van der Waals surface area (Å²) in [6, 6.07) is 12.5. The van der Waals surface area contributed by atoms with E-state index in [1.54, 1.807) is 0 Å². The van der Waals surface area contributed by atoms with Gasteiger partial charge in [-0.3, -0.25) is 0 Å². The summed E-state index contributed by atoms with van der Waals surface area (Å²) in [6.45, 7) is 9.34. The molecular weight excluding hydrogens is 332 g/mol. The lowest BCUT2D eigenvalue weighted by atomic mass is 9.93. The van der Waals surface area contributed by atoms with Crippen molar-refractivity contribution in [1.82, 2.24) is 0 Å². The molecule has 148 valence electrons. The van der Waals surface area contributed by atoms with E-state index in [2.05, 4.69) is 52.0 Å². The molecule has 0 saturated heterocycles. The Kier molecular flexibility index (Phi) is 8.87. The second-order valence-corrected chi connectivity index (χ2v) is 7.56. The fourth-order valence-corrected chi connectivity index (χ4v) is 3.43. The molecule has 2 heteroatoms. The van der Waals surface area contributed by atoms with Gasteiger partial charge >= 0.3 is 0 Å². The maximum atomic E-state index is 10.9. The highest BCUT2D eigenvalue weighted by Crippen LogP contribution is 2.31. The van der Waals surface area contributed by atoms with Gasteiger partial charge in [0, 0.05) is 0 Å². The molecule has 0 aliphatic rings. The average molecular weight is 369 g/mol. The minimum atomic E-state index is -0.595. The van der Waals surface area contributed by atoms with Crippen LogP contribution in [0.1, 0.15) is 86.3 Å². The van der Waals surface area contributed by atoms with Crippen molar-refractivity contribution < 1.29 is 9.84 Å². The molecule has 2 aromatic carbocycles. The van der Waals surface area contributed by atoms with Crippen LogP contribution in [0.3, 0.4) is 0 Å². The Labute approximate surface area is 165 Å². The first-order valence-corrected chi connectivity index (χ1v) is 10.6. The summed E-state index contributed by atoms with van der Waals surface area (Å²) in [6.07, 6.45) is 7.76. The number of rotatable bonds is 11. The highest BCUT2D eigenvalue weighted by Gasteiger charge is 2.16. The number of aliphatic hydroxyl groups is 1. The van der Waals surface area contributed by atoms with Crippen molar-refractivity contribution >= 4 is 0 Å². The van der Waals surface area contributed by atoms with E-state index < -0.39 is 6.10 Å². The SMILES string of the molecule is CCCCCOc1ccc(C(O)c2ccc(CCCCC)cc2)c(C)c1C. The Morgan fingerprint density at radius 2 is 1.48 bits per heavy atom. The zero-order valence-corrected chi connectivity index (χ0v) is 17.6. The molecule has 1 N–H and O–H groups in total. The van der Waals surface area contributed by atoms with E-state index >= 15 is 0 Å². The predicted octanol–water partition coefficient (Wildman–Crippen LogP) is 6.69. The van der Waals surface area contributed by atoms with Gasteiger partial charge in [0.25, 0.3) is 0 Å². The number of hydrogen-bond donors (Lipinski definition) is 1. The van der Waals surface area contributed by atoms with E-state index in [1.165, 1.54) is 37.7 Å². The average Bonchev–Trinajstić information content (AvgIpc) is 2.69. The molecule has 2 nitrogen and oxygen atoms in total. The van der Waals surface area contributed by atoms with Crippen molar-refractivity contribution in [3.05, 3.63) is 64.2 Å². The van der Waals surface area contributed by atoms with Gasteiger partial charge in [-0.2, -0.15) is 0 Å². The van der Waals surface area contributed by atoms with Crippen molar-refractivity contribution in [3.63, 3.8) is 0 Å². The van der Waals surface area contributed by atoms with Crippen molar-refractivity contribution in [2.45, 2.75) is 78.7 Å². The zero-order valence-electron chi connectivity index (χ0n) is 17.6. The molecule has 0 amide bonds. The third-order valence-corrected chi connectivity index (χ3v) is 5.44. The van der Waals surface area contributed by atoms with Crippen LogP contribution in [0.15, 0.2) is 36.4 Å². The minimum absolute atomic E-state index is 0.595. The maximum Gasteiger partial charge on any atom is 0.122 e. The van der Waals surface area contributed by atoms with E-state index in [-0.39, 0.29) is 0 Å². The lowest BCUT2D eigenvalue weighted by Gasteiger charge is -2.19. The monoisotopic (exact) mass is 368 g/mol. The summed E-state index contributed by atoms with van der Waals surface area (Å²) >= 11 is 0. The molecule has 2 aromatic rings. The summed E-state index contributed by atoms with van der Waals surface area (Å²) in [7, 11) is 0. The molecule has 27 heavy (non-hydrogen) atoms. The second-order valence-electron chi connectivity index (χ2n) is 7.56. The standard InChI is InChI=1S/C25H36O2/c1-5-7-9-11-21-12-14-22(15-13-21)25(26)23-16-17-24(20(4)19(23)3)27-18-10-8-6-2/h12-17,25-26H,5-11,18H2,1-4H3. The quantitative estimate of drug-likeness (QED) is 0.448. The van der Waals surface area contributed by atoms with Crippen molar-refractivity contribution in [2.24, 2.45) is 0 Å². The van der Waals surface area contributed by atoms with Gasteiger partial charge in [0.15, 0.2) is 0 Å². The van der Waals surface area contributed by atoms with Crippen molar-refractivity contribution in [1.29, 1.82) is 0 Å². The molecule has 1 atom stereocenters. The predicted molar refractivity (Wildman–Crippen MR) is 115 cm³/mol. The zero-order chi connectivity index (χ0) is 19.6. The summed E-state index contributed by atoms with van der Waals surface area (Å²) in [4.78, 5) is 0. The van der Waals surface area contributed by atoms with Crippen LogP contribution in [-0.4, -0.2) is 11.7 Å². The summed E-state index contributed by atoms with van der Waals surface area (Å²) in [5, 5.41) is 10.9. The molecule has 2 rings (SSSR count). The van der Waals surface area contributed by atoms with Gasteiger partial charge in [0.1, 0.15) is 11.9 Å². The second kappa shape index (κ2) is 11.1. The third-order valence-electron chi connectivity index (χ3n) is 5.44. The number of hydrogen-bond acceptors (Lipinski definition) is 2. The summed E-state index contributed by atoms with van der Waals surface area (Å²) in [5.74, 6) is 0.936. The molecule has 0 radical (unpaired) electrons. The van der Waals surface area contributed by atoms with E-state index in [0.717, 1.165) is 47.5 Å². The Morgan fingerprint density at radius 1 is 0.815 bits per heavy atom. The first-order valence-electron chi connectivity index (χ1n) is 10.6. The van der Waals surface area contributed by atoms with Crippen LogP contribution in [0.2, 0.25) is 0 Å². The number of benzene rings is 2. The summed E-state index contributed by atoms with van der Waals surface area (Å²) in [5.41, 5.74) is 5.50. The lowest BCUT2D eigenvalue weighted by molar-refractivity contribution is 0.219. The molecule has 0 bridgehead atoms. The molecule has 0 aliphatic heterocycles. The maximum absolute atomic E-state index is 10.9. The van der Waals surface area contributed by atoms with Crippen LogP contribution >= 0.6 is 0 Å². The van der Waals surface area contributed by atoms with Crippen LogP contribution in [0, 0.1) is 13.8 Å². The molecule has 0 spiro atoms. The van der Waals surface area contributed by atoms with Crippen molar-refractivity contribution in [3.8, 4) is 5.75 Å². The fourth-order valence-electron chi connectivity index (χ4n) is 3.43. The van der Waals surface area contributed by atoms with Crippen LogP contribution in [0.4, 0.5) is 0 Å². The molecule has 1 unspecified atom stereocenters. The van der Waals surface area contributed by atoms with Crippen LogP contribution in [0.25, 0.3) is 0 Å². The van der Waals surface area contributed by atoms with Gasteiger partial charge in [-0.1, -0.05) is 69.9 Å². The van der Waals surface area contributed by atoms with Gasteiger partial charge < -0.3 is 9.84 Å². The molecule has 0 aromatic heterocycles. The van der Waals surface area contributed by atoms with Gasteiger partial charge in [-0.15, -0.1) is 0 Å². The Balaban J connectivity index is 2.07. The Morgan fingerprint density at radius 3 is 2.15 bits per heavy atom. The first-order chi connectivity index (χ1) is 13.1. The number of ether oxygens (including phenoxy) is 1. The van der Waals surface area contributed by atoms with E-state index in [0.29, 0.717) is 0 Å². The minimum Gasteiger partial charge on any atom is -0.493 e. The largest absolute Gasteiger partial charge is 0.493 e. The highest BCUT2D eigenvalue weighted by molar-refractivity contribution is 5.46. The van der Waals surface area contributed by atoms with Crippen LogP contribution < -0.4 is 4.74 Å². The van der Waals surface area contributed by atoms with E-state index in [9.17, 15) is 5.11 Å². The molecule has 0 saturated carbocycles. The number of aryl methyl sites for hydroxylation is 1. The Hall–Kier alpha value is -1.80. The first kappa shape index (κ1) is 21.5. The van der Waals surface area contributed by atoms with Crippen molar-refractivity contribution in [2.75, 3.05) is 6.61 Å². The van der Waals surface area contributed by atoms with Gasteiger partial charge in [-0.25, -0.2) is 0 Å². The van der Waals surface area contributed by atoms with E-state index in [1.807, 2.05) is 12.1 Å². The Bertz CT molecular complexity index is 688. The smallest absolute Gasteiger partial charge is 0.122 e. The third kappa shape index (κ3) is 6.10. The topological polar surface area (TPSA) is 29.5 Å². The van der Waals surface area contributed by atoms with Gasteiger partial charge in [-0.05, 0) is 67.0 Å². The van der Waals surface area contributed by atoms with Crippen LogP contribution in [0.5, 0.6) is 5.75 Å². The van der Waals surface area contributed by atoms with Gasteiger partial charge in [0.05, 0.1) is 6.61 Å². The number of unbranched alkanes of at least 4 members (excludes halogenated alkanes) is 4. The van der Waals surface area contributed by atoms with E-state index in [4.69, 9.17) is 4.74 Å². The van der Waals surface area contributed by atoms with Crippen LogP contribution in [-0.2, 0) is 6.42 Å². The highest BCUT2D eigenvalue weighted by atomic mass is 16.5. The molecular formula is C25H36O2. The summed E-state index contributed by atoms with van der Waals surface area (Å²) < 4.78 is 5.94. The fraction of sp³-hybridized carbons (Fsp3) is 0.520.